The van der Waals surface area contributed by atoms with Crippen molar-refractivity contribution in [3.8, 4) is 5.75 Å². The van der Waals surface area contributed by atoms with Crippen molar-refractivity contribution >= 4 is 68.4 Å². The average Bonchev–Trinajstić information content (AvgIpc) is 3.06. The highest BCUT2D eigenvalue weighted by Crippen LogP contribution is 2.41. The molecule has 12 nitrogen and oxygen atoms in total. The number of hydrogen-bond acceptors (Lipinski definition) is 12. The Bertz CT molecular complexity index is 1750. The number of anilines is 5. The van der Waals surface area contributed by atoms with Gasteiger partial charge in [0, 0.05) is 75.7 Å². The molecule has 0 atom stereocenters. The number of rotatable bonds is 9. The van der Waals surface area contributed by atoms with Crippen LogP contribution in [0.1, 0.15) is 25.3 Å². The molecular weight excluding hydrogens is 667 g/mol. The van der Waals surface area contributed by atoms with E-state index in [0.29, 0.717) is 44.4 Å². The maximum atomic E-state index is 13.4. The van der Waals surface area contributed by atoms with Crippen molar-refractivity contribution in [1.82, 2.24) is 34.7 Å². The largest absolute Gasteiger partial charge is 0.494 e. The molecule has 0 unspecified atom stereocenters. The van der Waals surface area contributed by atoms with Crippen molar-refractivity contribution in [3.05, 3.63) is 47.0 Å². The molecule has 2 saturated heterocycles. The van der Waals surface area contributed by atoms with Gasteiger partial charge in [-0.05, 0) is 67.2 Å². The molecule has 0 bridgehead atoms. The number of ether oxygens (including phenoxy) is 1. The summed E-state index contributed by atoms with van der Waals surface area (Å²) in [4.78, 5) is 30.0. The number of aromatic nitrogens is 5. The number of piperidine rings is 1. The van der Waals surface area contributed by atoms with Gasteiger partial charge < -0.3 is 29.7 Å². The van der Waals surface area contributed by atoms with Crippen molar-refractivity contribution in [1.29, 1.82) is 0 Å². The van der Waals surface area contributed by atoms with E-state index in [1.54, 1.807) is 45.2 Å². The molecule has 3 aromatic heterocycles. The molecule has 0 spiro atoms. The lowest BCUT2D eigenvalue weighted by atomic mass is 9.99. The molecule has 2 aliphatic rings. The van der Waals surface area contributed by atoms with Gasteiger partial charge in [-0.15, -0.1) is 0 Å². The summed E-state index contributed by atoms with van der Waals surface area (Å²) in [6.45, 7) is 12.3. The van der Waals surface area contributed by atoms with Gasteiger partial charge in [0.2, 0.25) is 5.95 Å². The summed E-state index contributed by atoms with van der Waals surface area (Å²) >= 11 is 3.57. The molecule has 0 aliphatic carbocycles. The molecule has 6 rings (SSSR count). The van der Waals surface area contributed by atoms with Gasteiger partial charge in [0.25, 0.3) is 0 Å². The van der Waals surface area contributed by atoms with E-state index in [-0.39, 0.29) is 0 Å². The first-order valence-electron chi connectivity index (χ1n) is 15.7. The maximum Gasteiger partial charge on any atom is 0.229 e. The fraction of sp³-hybridized carbons (Fsp3) is 0.469. The lowest BCUT2D eigenvalue weighted by Gasteiger charge is -2.43. The molecule has 2 aliphatic heterocycles. The van der Waals surface area contributed by atoms with Gasteiger partial charge in [-0.3, -0.25) is 9.88 Å². The molecule has 1 aromatic carbocycles. The fourth-order valence-electron chi connectivity index (χ4n) is 6.42. The summed E-state index contributed by atoms with van der Waals surface area (Å²) in [5.74, 6) is 1.61. The second-order valence-electron chi connectivity index (χ2n) is 12.3. The van der Waals surface area contributed by atoms with Crippen LogP contribution in [0.4, 0.5) is 28.8 Å². The number of likely N-dealkylation sites (N-methyl/N-ethyl adjacent to an activating group) is 1. The second kappa shape index (κ2) is 13.8. The lowest BCUT2D eigenvalue weighted by molar-refractivity contribution is 0.0982. The Hall–Kier alpha value is -3.38. The quantitative estimate of drug-likeness (QED) is 0.225. The number of hydrogen-bond donors (Lipinski definition) is 2. The highest BCUT2D eigenvalue weighted by Gasteiger charge is 2.28. The number of pyridine rings is 1. The van der Waals surface area contributed by atoms with E-state index in [1.165, 1.54) is 24.1 Å². The van der Waals surface area contributed by atoms with Crippen molar-refractivity contribution in [2.24, 2.45) is 0 Å². The van der Waals surface area contributed by atoms with Crippen LogP contribution in [-0.2, 0) is 11.0 Å². The summed E-state index contributed by atoms with van der Waals surface area (Å²) in [6, 6.07) is 4.95. The number of benzene rings is 1. The molecule has 2 N–H and O–H groups in total. The highest BCUT2D eigenvalue weighted by atomic mass is 79.9. The molecule has 0 amide bonds. The number of methoxy groups -OCH3 is 1. The Morgan fingerprint density at radius 1 is 0.957 bits per heavy atom. The zero-order chi connectivity index (χ0) is 32.4. The predicted molar refractivity (Wildman–Crippen MR) is 189 cm³/mol. The SMILES string of the molecule is CCc1cc(Nc2ncc(Br)c(Nc3cnc4nccnc4c3P(C)(C)=O)n2)c(OC)cc1N1CCC(N2CCN(C)CC2)CC1. The van der Waals surface area contributed by atoms with Crippen LogP contribution in [0.3, 0.4) is 0 Å². The van der Waals surface area contributed by atoms with Gasteiger partial charge >= 0.3 is 0 Å². The Labute approximate surface area is 278 Å². The molecule has 46 heavy (non-hydrogen) atoms. The first-order valence-corrected chi connectivity index (χ1v) is 19.1. The van der Waals surface area contributed by atoms with Crippen LogP contribution in [-0.4, -0.2) is 108 Å². The minimum Gasteiger partial charge on any atom is -0.494 e. The van der Waals surface area contributed by atoms with E-state index < -0.39 is 7.14 Å². The standard InChI is InChI=1S/C32H42BrN10O2P/c1-6-21-17-24(27(45-3)18-26(21)43-11-7-22(8-12-43)42-15-13-41(2)14-16-42)39-32-37-19-23(33)30(40-32)38-25-20-36-31-28(34-9-10-35-31)29(25)46(4,5)44/h9-10,17-20,22H,6-8,11-16H2,1-5H3,(H2,37,38,39,40). The molecule has 0 saturated carbocycles. The Balaban J connectivity index is 1.23. The molecule has 2 fully saturated rings. The van der Waals surface area contributed by atoms with Crippen molar-refractivity contribution in [2.45, 2.75) is 32.2 Å². The monoisotopic (exact) mass is 708 g/mol. The van der Waals surface area contributed by atoms with E-state index in [4.69, 9.17) is 9.72 Å². The predicted octanol–water partition coefficient (Wildman–Crippen LogP) is 5.10. The van der Waals surface area contributed by atoms with E-state index in [0.717, 1.165) is 57.1 Å². The Morgan fingerprint density at radius 3 is 2.39 bits per heavy atom. The summed E-state index contributed by atoms with van der Waals surface area (Å²) < 4.78 is 19.9. The van der Waals surface area contributed by atoms with Gasteiger partial charge in [-0.25, -0.2) is 15.0 Å². The molecular formula is C32H42BrN10O2P. The van der Waals surface area contributed by atoms with E-state index in [2.05, 4.69) is 87.3 Å². The van der Waals surface area contributed by atoms with Gasteiger partial charge in [0.05, 0.1) is 34.5 Å². The highest BCUT2D eigenvalue weighted by molar-refractivity contribution is 9.10. The number of nitrogens with zero attached hydrogens (tertiary/aromatic N) is 8. The summed E-state index contributed by atoms with van der Waals surface area (Å²) in [5, 5.41) is 7.27. The number of fused-ring (bicyclic) bond motifs is 1. The number of aryl methyl sites for hydroxylation is 1. The molecule has 4 aromatic rings. The summed E-state index contributed by atoms with van der Waals surface area (Å²) in [6.07, 6.45) is 9.68. The van der Waals surface area contributed by atoms with Crippen LogP contribution in [0, 0.1) is 0 Å². The van der Waals surface area contributed by atoms with Crippen LogP contribution in [0.5, 0.6) is 5.75 Å². The van der Waals surface area contributed by atoms with Crippen LogP contribution in [0.25, 0.3) is 11.2 Å². The van der Waals surface area contributed by atoms with Crippen LogP contribution < -0.4 is 25.6 Å². The minimum absolute atomic E-state index is 0.387. The number of nitrogens with one attached hydrogen (secondary N) is 2. The number of piperazine rings is 1. The topological polar surface area (TPSA) is 125 Å². The first kappa shape index (κ1) is 32.6. The fourth-order valence-corrected chi connectivity index (χ4v) is 8.07. The average molecular weight is 710 g/mol. The van der Waals surface area contributed by atoms with Gasteiger partial charge in [-0.2, -0.15) is 4.98 Å². The zero-order valence-electron chi connectivity index (χ0n) is 27.1. The van der Waals surface area contributed by atoms with Gasteiger partial charge in [0.1, 0.15) is 24.2 Å². The third-order valence-corrected chi connectivity index (χ3v) is 11.0. The lowest BCUT2D eigenvalue weighted by Crippen LogP contribution is -2.52. The summed E-state index contributed by atoms with van der Waals surface area (Å²) in [5.41, 5.74) is 4.76. The summed E-state index contributed by atoms with van der Waals surface area (Å²) in [7, 11) is 1.13. The zero-order valence-corrected chi connectivity index (χ0v) is 29.6. The van der Waals surface area contributed by atoms with Crippen LogP contribution in [0.15, 0.2) is 41.4 Å². The smallest absolute Gasteiger partial charge is 0.229 e. The third-order valence-electron chi connectivity index (χ3n) is 8.90. The normalized spacial score (nSPS) is 17.0. The van der Waals surface area contributed by atoms with E-state index >= 15 is 0 Å². The van der Waals surface area contributed by atoms with Crippen molar-refractivity contribution < 1.29 is 9.30 Å². The molecule has 0 radical (unpaired) electrons. The van der Waals surface area contributed by atoms with Gasteiger partial charge in [0.15, 0.2) is 5.65 Å². The van der Waals surface area contributed by atoms with Crippen LogP contribution in [0.2, 0.25) is 0 Å². The molecule has 5 heterocycles. The minimum atomic E-state index is -2.77. The second-order valence-corrected chi connectivity index (χ2v) is 16.3. The van der Waals surface area contributed by atoms with E-state index in [1.807, 2.05) is 0 Å². The van der Waals surface area contributed by atoms with Crippen molar-refractivity contribution in [3.63, 3.8) is 0 Å². The van der Waals surface area contributed by atoms with Crippen LogP contribution >= 0.6 is 23.1 Å². The Morgan fingerprint density at radius 2 is 1.70 bits per heavy atom. The van der Waals surface area contributed by atoms with Gasteiger partial charge in [-0.1, -0.05) is 6.92 Å². The third kappa shape index (κ3) is 6.97. The maximum absolute atomic E-state index is 13.4. The van der Waals surface area contributed by atoms with Crippen molar-refractivity contribution in [2.75, 3.05) is 82.3 Å². The molecule has 244 valence electrons. The first-order chi connectivity index (χ1) is 22.1. The Kier molecular flexibility index (Phi) is 9.75. The van der Waals surface area contributed by atoms with E-state index in [9.17, 15) is 4.57 Å². The number of halogens is 1. The molecule has 14 heteroatoms.